The number of aromatic nitrogens is 3. The molecule has 0 unspecified atom stereocenters. The van der Waals surface area contributed by atoms with Crippen molar-refractivity contribution in [3.05, 3.63) is 80.7 Å². The molecule has 0 aliphatic heterocycles. The Kier molecular flexibility index (Phi) is 7.09. The fourth-order valence-corrected chi connectivity index (χ4v) is 4.71. The molecule has 4 aromatic rings. The number of carbonyl (C=O) groups is 1. The first kappa shape index (κ1) is 22.3. The summed E-state index contributed by atoms with van der Waals surface area (Å²) in [6, 6.07) is 15.8. The van der Waals surface area contributed by atoms with Gasteiger partial charge in [0.2, 0.25) is 4.96 Å². The summed E-state index contributed by atoms with van der Waals surface area (Å²) >= 11 is 8.76. The number of ether oxygens (including phenoxy) is 1. The molecule has 164 valence electrons. The van der Waals surface area contributed by atoms with E-state index in [1.54, 1.807) is 24.3 Å². The molecule has 1 amide bonds. The zero-order valence-electron chi connectivity index (χ0n) is 17.1. The lowest BCUT2D eigenvalue weighted by molar-refractivity contribution is -0.118. The average molecular weight is 487 g/mol. The standard InChI is InChI=1S/C22H19ClN4O3S2/c1-2-20-26-27-21(29)11-15(24-22(27)32-20)13-31-18-6-4-3-5-17(18)25-19(28)12-30-16-9-7-14(23)8-10-16/h3-11H,2,12-13H2,1H3,(H,25,28). The van der Waals surface area contributed by atoms with Crippen LogP contribution >= 0.6 is 34.7 Å². The second-order valence-corrected chi connectivity index (χ2v) is 9.20. The topological polar surface area (TPSA) is 85.6 Å². The summed E-state index contributed by atoms with van der Waals surface area (Å²) in [5, 5.41) is 8.61. The van der Waals surface area contributed by atoms with Gasteiger partial charge in [-0.25, -0.2) is 4.98 Å². The molecule has 0 saturated carbocycles. The van der Waals surface area contributed by atoms with Crippen molar-refractivity contribution in [2.24, 2.45) is 0 Å². The van der Waals surface area contributed by atoms with E-state index in [9.17, 15) is 9.59 Å². The van der Waals surface area contributed by atoms with Gasteiger partial charge in [-0.15, -0.1) is 11.8 Å². The first-order chi connectivity index (χ1) is 15.5. The van der Waals surface area contributed by atoms with E-state index in [0.717, 1.165) is 16.3 Å². The van der Waals surface area contributed by atoms with Gasteiger partial charge in [0.05, 0.1) is 11.4 Å². The maximum Gasteiger partial charge on any atom is 0.275 e. The number of rotatable bonds is 8. The molecule has 0 spiro atoms. The van der Waals surface area contributed by atoms with E-state index in [1.807, 2.05) is 31.2 Å². The number of fused-ring (bicyclic) bond motifs is 1. The predicted octanol–water partition coefficient (Wildman–Crippen LogP) is 4.68. The number of hydrogen-bond donors (Lipinski definition) is 1. The highest BCUT2D eigenvalue weighted by Crippen LogP contribution is 2.29. The average Bonchev–Trinajstić information content (AvgIpc) is 3.22. The Balaban J connectivity index is 1.41. The summed E-state index contributed by atoms with van der Waals surface area (Å²) in [5.41, 5.74) is 1.15. The summed E-state index contributed by atoms with van der Waals surface area (Å²) < 4.78 is 6.84. The highest BCUT2D eigenvalue weighted by Gasteiger charge is 2.11. The number of halogens is 1. The van der Waals surface area contributed by atoms with E-state index in [1.165, 1.54) is 33.7 Å². The molecule has 2 heterocycles. The number of nitrogens with zero attached hydrogens (tertiary/aromatic N) is 3. The molecule has 0 saturated heterocycles. The first-order valence-electron chi connectivity index (χ1n) is 9.80. The molecule has 0 atom stereocenters. The molecule has 0 fully saturated rings. The molecule has 2 aromatic carbocycles. The van der Waals surface area contributed by atoms with Gasteiger partial charge in [-0.2, -0.15) is 9.61 Å². The van der Waals surface area contributed by atoms with Crippen LogP contribution in [0, 0.1) is 0 Å². The molecule has 32 heavy (non-hydrogen) atoms. The summed E-state index contributed by atoms with van der Waals surface area (Å²) in [5.74, 6) is 0.774. The van der Waals surface area contributed by atoms with Gasteiger partial charge in [0.15, 0.2) is 6.61 Å². The molecule has 7 nitrogen and oxygen atoms in total. The Morgan fingerprint density at radius 3 is 2.78 bits per heavy atom. The predicted molar refractivity (Wildman–Crippen MR) is 128 cm³/mol. The molecule has 10 heteroatoms. The smallest absolute Gasteiger partial charge is 0.275 e. The lowest BCUT2D eigenvalue weighted by Crippen LogP contribution is -2.20. The minimum absolute atomic E-state index is 0.124. The van der Waals surface area contributed by atoms with Crippen molar-refractivity contribution in [2.75, 3.05) is 11.9 Å². The Bertz CT molecular complexity index is 1300. The Morgan fingerprint density at radius 2 is 2.00 bits per heavy atom. The van der Waals surface area contributed by atoms with E-state index < -0.39 is 0 Å². The Morgan fingerprint density at radius 1 is 1.22 bits per heavy atom. The van der Waals surface area contributed by atoms with Gasteiger partial charge in [-0.05, 0) is 42.8 Å². The largest absolute Gasteiger partial charge is 0.484 e. The van der Waals surface area contributed by atoms with E-state index in [0.29, 0.717) is 32.9 Å². The van der Waals surface area contributed by atoms with Crippen molar-refractivity contribution < 1.29 is 9.53 Å². The number of carbonyl (C=O) groups excluding carboxylic acids is 1. The van der Waals surface area contributed by atoms with Gasteiger partial charge < -0.3 is 10.1 Å². The zero-order chi connectivity index (χ0) is 22.5. The normalized spacial score (nSPS) is 10.9. The van der Waals surface area contributed by atoms with Gasteiger partial charge >= 0.3 is 0 Å². The van der Waals surface area contributed by atoms with Crippen molar-refractivity contribution in [1.82, 2.24) is 14.6 Å². The number of aryl methyl sites for hydroxylation is 1. The Labute approximate surface area is 197 Å². The molecule has 0 aliphatic carbocycles. The van der Waals surface area contributed by atoms with E-state index in [-0.39, 0.29) is 18.1 Å². The summed E-state index contributed by atoms with van der Waals surface area (Å²) in [4.78, 5) is 30.7. The third-order valence-electron chi connectivity index (χ3n) is 4.36. The van der Waals surface area contributed by atoms with Crippen molar-refractivity contribution in [1.29, 1.82) is 0 Å². The number of amides is 1. The summed E-state index contributed by atoms with van der Waals surface area (Å²) in [6.45, 7) is 1.87. The third-order valence-corrected chi connectivity index (χ3v) is 6.77. The van der Waals surface area contributed by atoms with Gasteiger partial charge in [0.1, 0.15) is 10.8 Å². The van der Waals surface area contributed by atoms with Crippen molar-refractivity contribution >= 4 is 51.3 Å². The van der Waals surface area contributed by atoms with Crippen molar-refractivity contribution in [2.45, 2.75) is 24.0 Å². The number of hydrogen-bond acceptors (Lipinski definition) is 7. The molecular weight excluding hydrogens is 468 g/mol. The van der Waals surface area contributed by atoms with E-state index in [2.05, 4.69) is 15.4 Å². The van der Waals surface area contributed by atoms with Crippen LogP contribution in [-0.2, 0) is 17.0 Å². The minimum atomic E-state index is -0.275. The van der Waals surface area contributed by atoms with Crippen molar-refractivity contribution in [3.63, 3.8) is 0 Å². The molecule has 2 aromatic heterocycles. The second-order valence-electron chi connectivity index (χ2n) is 6.71. The van der Waals surface area contributed by atoms with Crippen LogP contribution < -0.4 is 15.6 Å². The van der Waals surface area contributed by atoms with E-state index in [4.69, 9.17) is 16.3 Å². The molecule has 0 aliphatic rings. The zero-order valence-corrected chi connectivity index (χ0v) is 19.5. The number of thioether (sulfide) groups is 1. The van der Waals surface area contributed by atoms with Crippen LogP contribution in [0.1, 0.15) is 17.6 Å². The third kappa shape index (κ3) is 5.48. The molecule has 4 rings (SSSR count). The lowest BCUT2D eigenvalue weighted by Gasteiger charge is -2.11. The number of nitrogens with one attached hydrogen (secondary N) is 1. The number of anilines is 1. The molecule has 0 radical (unpaired) electrons. The van der Waals surface area contributed by atoms with Crippen LogP contribution in [0.4, 0.5) is 5.69 Å². The lowest BCUT2D eigenvalue weighted by atomic mass is 10.3. The van der Waals surface area contributed by atoms with Crippen LogP contribution in [0.15, 0.2) is 64.3 Å². The maximum absolute atomic E-state index is 12.4. The summed E-state index contributed by atoms with van der Waals surface area (Å²) in [7, 11) is 0. The van der Waals surface area contributed by atoms with Crippen molar-refractivity contribution in [3.8, 4) is 5.75 Å². The van der Waals surface area contributed by atoms with Crippen LogP contribution in [0.25, 0.3) is 4.96 Å². The quantitative estimate of drug-likeness (QED) is 0.364. The fourth-order valence-electron chi connectivity index (χ4n) is 2.83. The SMILES string of the molecule is CCc1nn2c(=O)cc(CSc3ccccc3NC(=O)COc3ccc(Cl)cc3)nc2s1. The highest BCUT2D eigenvalue weighted by molar-refractivity contribution is 7.98. The highest BCUT2D eigenvalue weighted by atomic mass is 35.5. The maximum atomic E-state index is 12.4. The molecule has 0 bridgehead atoms. The minimum Gasteiger partial charge on any atom is -0.484 e. The monoisotopic (exact) mass is 486 g/mol. The van der Waals surface area contributed by atoms with Gasteiger partial charge in [-0.1, -0.05) is 42.0 Å². The van der Waals surface area contributed by atoms with Gasteiger partial charge in [-0.3, -0.25) is 9.59 Å². The van der Waals surface area contributed by atoms with Crippen LogP contribution in [0.3, 0.4) is 0 Å². The Hall–Kier alpha value is -2.88. The van der Waals surface area contributed by atoms with Gasteiger partial charge in [0, 0.05) is 21.7 Å². The van der Waals surface area contributed by atoms with Crippen LogP contribution in [0.2, 0.25) is 5.02 Å². The molecule has 1 N–H and O–H groups in total. The first-order valence-corrected chi connectivity index (χ1v) is 12.0. The van der Waals surface area contributed by atoms with Crippen LogP contribution in [-0.4, -0.2) is 27.1 Å². The number of para-hydroxylation sites is 1. The molecular formula is C22H19ClN4O3S2. The van der Waals surface area contributed by atoms with E-state index >= 15 is 0 Å². The number of benzene rings is 2. The van der Waals surface area contributed by atoms with Gasteiger partial charge in [0.25, 0.3) is 11.5 Å². The summed E-state index contributed by atoms with van der Waals surface area (Å²) in [6.07, 6.45) is 0.756. The van der Waals surface area contributed by atoms with Crippen LogP contribution in [0.5, 0.6) is 5.75 Å². The second kappa shape index (κ2) is 10.2. The fraction of sp³-hybridized carbons (Fsp3) is 0.182.